The van der Waals surface area contributed by atoms with Crippen LogP contribution in [0, 0.1) is 5.92 Å². The van der Waals surface area contributed by atoms with Crippen LogP contribution in [0.15, 0.2) is 12.4 Å². The fourth-order valence-electron chi connectivity index (χ4n) is 3.18. The molecule has 1 aromatic heterocycles. The molecule has 0 aromatic carbocycles. The smallest absolute Gasteiger partial charge is 0.257 e. The van der Waals surface area contributed by atoms with Crippen molar-refractivity contribution in [3.05, 3.63) is 18.0 Å². The second-order valence-electron chi connectivity index (χ2n) is 6.40. The van der Waals surface area contributed by atoms with E-state index in [1.165, 1.54) is 6.42 Å². The number of hydrogen-bond donors (Lipinski definition) is 0. The van der Waals surface area contributed by atoms with Crippen molar-refractivity contribution >= 4 is 18.3 Å². The van der Waals surface area contributed by atoms with Gasteiger partial charge in [-0.2, -0.15) is 0 Å². The van der Waals surface area contributed by atoms with Crippen molar-refractivity contribution in [2.24, 2.45) is 5.92 Å². The Morgan fingerprint density at radius 3 is 2.48 bits per heavy atom. The largest absolute Gasteiger partial charge is 0.342 e. The Morgan fingerprint density at radius 1 is 1.17 bits per heavy atom. The van der Waals surface area contributed by atoms with Gasteiger partial charge >= 0.3 is 0 Å². The number of rotatable bonds is 3. The monoisotopic (exact) mass is 317 g/mol. The molecule has 0 saturated carbocycles. The van der Waals surface area contributed by atoms with Crippen LogP contribution in [-0.2, 0) is 4.79 Å². The van der Waals surface area contributed by atoms with Gasteiger partial charge in [0.1, 0.15) is 0 Å². The molecule has 2 fully saturated rings. The quantitative estimate of drug-likeness (QED) is 0.765. The summed E-state index contributed by atoms with van der Waals surface area (Å²) in [6.45, 7) is 6.61. The van der Waals surface area contributed by atoms with Gasteiger partial charge in [-0.3, -0.25) is 9.59 Å². The minimum atomic E-state index is 0.0221. The number of nitrogens with zero attached hydrogens (tertiary/aromatic N) is 5. The van der Waals surface area contributed by atoms with Crippen LogP contribution in [0.1, 0.15) is 30.1 Å². The second kappa shape index (κ2) is 6.93. The van der Waals surface area contributed by atoms with Crippen LogP contribution in [-0.4, -0.2) is 71.4 Å². The van der Waals surface area contributed by atoms with Crippen molar-refractivity contribution in [3.8, 4) is 0 Å². The number of carbonyl (C=O) groups is 2. The topological polar surface area (TPSA) is 69.6 Å². The molecule has 1 aromatic rings. The molecule has 2 amide bonds. The molecular weight excluding hydrogens is 294 g/mol. The van der Waals surface area contributed by atoms with Gasteiger partial charge in [0.2, 0.25) is 12.4 Å². The Balaban J connectivity index is 1.63. The molecule has 1 atom stereocenters. The van der Waals surface area contributed by atoms with Crippen LogP contribution in [0.25, 0.3) is 0 Å². The summed E-state index contributed by atoms with van der Waals surface area (Å²) >= 11 is 0. The summed E-state index contributed by atoms with van der Waals surface area (Å²) in [5.74, 6) is 1.20. The molecular formula is C16H23N5O2. The number of piperazine rings is 1. The van der Waals surface area contributed by atoms with Crippen LogP contribution in [0.5, 0.6) is 0 Å². The van der Waals surface area contributed by atoms with Crippen molar-refractivity contribution in [1.29, 1.82) is 0 Å². The molecule has 0 bridgehead atoms. The molecule has 3 heterocycles. The van der Waals surface area contributed by atoms with E-state index in [1.807, 2.05) is 9.80 Å². The molecule has 0 spiro atoms. The van der Waals surface area contributed by atoms with Crippen LogP contribution >= 0.6 is 0 Å². The van der Waals surface area contributed by atoms with Gasteiger partial charge < -0.3 is 14.7 Å². The Hall–Kier alpha value is -2.18. The zero-order valence-electron chi connectivity index (χ0n) is 13.5. The summed E-state index contributed by atoms with van der Waals surface area (Å²) in [6.07, 6.45) is 6.37. The first-order valence-corrected chi connectivity index (χ1v) is 8.23. The molecule has 7 heteroatoms. The zero-order chi connectivity index (χ0) is 16.2. The van der Waals surface area contributed by atoms with Gasteiger partial charge in [-0.25, -0.2) is 9.97 Å². The average molecular weight is 317 g/mol. The minimum Gasteiger partial charge on any atom is -0.342 e. The van der Waals surface area contributed by atoms with Crippen LogP contribution in [0.4, 0.5) is 5.95 Å². The van der Waals surface area contributed by atoms with E-state index in [0.29, 0.717) is 30.5 Å². The highest BCUT2D eigenvalue weighted by molar-refractivity contribution is 5.93. The summed E-state index contributed by atoms with van der Waals surface area (Å²) in [4.78, 5) is 37.6. The van der Waals surface area contributed by atoms with Crippen LogP contribution < -0.4 is 4.90 Å². The van der Waals surface area contributed by atoms with E-state index in [0.717, 1.165) is 39.0 Å². The Morgan fingerprint density at radius 2 is 1.87 bits per heavy atom. The Kier molecular flexibility index (Phi) is 4.73. The highest BCUT2D eigenvalue weighted by Crippen LogP contribution is 2.18. The lowest BCUT2D eigenvalue weighted by atomic mass is 10.00. The van der Waals surface area contributed by atoms with Crippen molar-refractivity contribution in [2.45, 2.75) is 19.8 Å². The maximum absolute atomic E-state index is 12.5. The molecule has 0 radical (unpaired) electrons. The maximum atomic E-state index is 12.5. The lowest BCUT2D eigenvalue weighted by molar-refractivity contribution is -0.118. The van der Waals surface area contributed by atoms with E-state index in [2.05, 4.69) is 16.9 Å². The number of amides is 2. The van der Waals surface area contributed by atoms with E-state index in [-0.39, 0.29) is 5.91 Å². The van der Waals surface area contributed by atoms with Gasteiger partial charge in [-0.1, -0.05) is 6.92 Å². The molecule has 1 unspecified atom stereocenters. The second-order valence-corrected chi connectivity index (χ2v) is 6.40. The van der Waals surface area contributed by atoms with E-state index in [1.54, 1.807) is 17.3 Å². The third kappa shape index (κ3) is 3.60. The van der Waals surface area contributed by atoms with Crippen molar-refractivity contribution in [3.63, 3.8) is 0 Å². The van der Waals surface area contributed by atoms with Gasteiger partial charge in [0.15, 0.2) is 0 Å². The predicted octanol–water partition coefficient (Wildman–Crippen LogP) is 0.627. The highest BCUT2D eigenvalue weighted by Gasteiger charge is 2.23. The third-order valence-corrected chi connectivity index (χ3v) is 4.58. The van der Waals surface area contributed by atoms with E-state index >= 15 is 0 Å². The van der Waals surface area contributed by atoms with Crippen molar-refractivity contribution < 1.29 is 9.59 Å². The van der Waals surface area contributed by atoms with Crippen molar-refractivity contribution in [2.75, 3.05) is 44.2 Å². The molecule has 7 nitrogen and oxygen atoms in total. The fourth-order valence-corrected chi connectivity index (χ4v) is 3.18. The first-order valence-electron chi connectivity index (χ1n) is 8.23. The molecule has 3 rings (SSSR count). The van der Waals surface area contributed by atoms with Crippen LogP contribution in [0.3, 0.4) is 0 Å². The minimum absolute atomic E-state index is 0.0221. The van der Waals surface area contributed by atoms with Crippen LogP contribution in [0.2, 0.25) is 0 Å². The molecule has 23 heavy (non-hydrogen) atoms. The lowest BCUT2D eigenvalue weighted by Gasteiger charge is -2.32. The number of aromatic nitrogens is 2. The van der Waals surface area contributed by atoms with Gasteiger partial charge in [-0.05, 0) is 18.8 Å². The number of likely N-dealkylation sites (tertiary alicyclic amines) is 1. The van der Waals surface area contributed by atoms with E-state index in [9.17, 15) is 9.59 Å². The molecule has 0 N–H and O–H groups in total. The van der Waals surface area contributed by atoms with Gasteiger partial charge in [0.05, 0.1) is 5.56 Å². The number of anilines is 1. The first-order chi connectivity index (χ1) is 11.2. The Bertz CT molecular complexity index is 554. The average Bonchev–Trinajstić information content (AvgIpc) is 2.61. The standard InChI is InChI=1S/C16H23N5O2/c1-13-3-2-4-21(11-13)15(23)14-9-17-16(18-10-14)20-7-5-19(12-22)6-8-20/h9-10,12-13H,2-8,11H2,1H3. The van der Waals surface area contributed by atoms with Gasteiger partial charge in [0, 0.05) is 51.7 Å². The van der Waals surface area contributed by atoms with E-state index in [4.69, 9.17) is 0 Å². The number of carbonyl (C=O) groups excluding carboxylic acids is 2. The zero-order valence-corrected chi connectivity index (χ0v) is 13.5. The summed E-state index contributed by atoms with van der Waals surface area (Å²) in [5, 5.41) is 0. The highest BCUT2D eigenvalue weighted by atomic mass is 16.2. The van der Waals surface area contributed by atoms with Gasteiger partial charge in [-0.15, -0.1) is 0 Å². The molecule has 0 aliphatic carbocycles. The molecule has 2 aliphatic heterocycles. The predicted molar refractivity (Wildman–Crippen MR) is 86.2 cm³/mol. The Labute approximate surface area is 136 Å². The first kappa shape index (κ1) is 15.7. The third-order valence-electron chi connectivity index (χ3n) is 4.58. The SMILES string of the molecule is CC1CCCN(C(=O)c2cnc(N3CCN(C=O)CC3)nc2)C1. The summed E-state index contributed by atoms with van der Waals surface area (Å²) < 4.78 is 0. The lowest BCUT2D eigenvalue weighted by Crippen LogP contribution is -2.46. The normalized spacial score (nSPS) is 22.1. The summed E-state index contributed by atoms with van der Waals surface area (Å²) in [5.41, 5.74) is 0.550. The summed E-state index contributed by atoms with van der Waals surface area (Å²) in [6, 6.07) is 0. The molecule has 124 valence electrons. The summed E-state index contributed by atoms with van der Waals surface area (Å²) in [7, 11) is 0. The fraction of sp³-hybridized carbons (Fsp3) is 0.625. The van der Waals surface area contributed by atoms with Crippen molar-refractivity contribution in [1.82, 2.24) is 19.8 Å². The van der Waals surface area contributed by atoms with Gasteiger partial charge in [0.25, 0.3) is 5.91 Å². The maximum Gasteiger partial charge on any atom is 0.257 e. The number of hydrogen-bond acceptors (Lipinski definition) is 5. The van der Waals surface area contributed by atoms with E-state index < -0.39 is 0 Å². The molecule has 2 saturated heterocycles. The number of piperidine rings is 1. The molecule has 2 aliphatic rings.